The van der Waals surface area contributed by atoms with Crippen molar-refractivity contribution in [2.24, 2.45) is 5.92 Å². The number of aromatic nitrogens is 2. The first kappa shape index (κ1) is 12.4. The molecule has 1 aromatic heterocycles. The zero-order valence-corrected chi connectivity index (χ0v) is 10.5. The van der Waals surface area contributed by atoms with E-state index in [1.54, 1.807) is 13.1 Å². The zero-order valence-electron chi connectivity index (χ0n) is 10.5. The van der Waals surface area contributed by atoms with Crippen LogP contribution >= 0.6 is 0 Å². The molecule has 1 unspecified atom stereocenters. The lowest BCUT2D eigenvalue weighted by molar-refractivity contribution is -0.141. The van der Waals surface area contributed by atoms with E-state index >= 15 is 0 Å². The van der Waals surface area contributed by atoms with Crippen molar-refractivity contribution in [3.05, 3.63) is 47.8 Å². The van der Waals surface area contributed by atoms with Gasteiger partial charge in [-0.15, -0.1) is 0 Å². The number of aliphatic carboxylic acids is 1. The molecule has 4 nitrogen and oxygen atoms in total. The fraction of sp³-hybridized carbons (Fsp3) is 0.286. The fourth-order valence-corrected chi connectivity index (χ4v) is 1.85. The van der Waals surface area contributed by atoms with Gasteiger partial charge in [-0.1, -0.05) is 19.1 Å². The number of hydrogen-bond acceptors (Lipinski definition) is 2. The van der Waals surface area contributed by atoms with Crippen molar-refractivity contribution in [1.29, 1.82) is 0 Å². The summed E-state index contributed by atoms with van der Waals surface area (Å²) in [7, 11) is 0. The highest BCUT2D eigenvalue weighted by molar-refractivity contribution is 5.69. The minimum Gasteiger partial charge on any atom is -0.481 e. The average Bonchev–Trinajstić information content (AvgIpc) is 2.76. The van der Waals surface area contributed by atoms with Crippen LogP contribution in [-0.4, -0.2) is 20.9 Å². The van der Waals surface area contributed by atoms with Gasteiger partial charge in [0.25, 0.3) is 0 Å². The molecule has 0 aliphatic heterocycles. The summed E-state index contributed by atoms with van der Waals surface area (Å²) in [5.41, 5.74) is 3.09. The van der Waals surface area contributed by atoms with Gasteiger partial charge in [-0.3, -0.25) is 4.79 Å². The topological polar surface area (TPSA) is 55.1 Å². The van der Waals surface area contributed by atoms with Crippen LogP contribution in [-0.2, 0) is 11.2 Å². The van der Waals surface area contributed by atoms with Crippen molar-refractivity contribution in [3.8, 4) is 5.69 Å². The highest BCUT2D eigenvalue weighted by atomic mass is 16.4. The molecule has 0 aliphatic rings. The number of carbonyl (C=O) groups is 1. The molecule has 0 saturated heterocycles. The van der Waals surface area contributed by atoms with Gasteiger partial charge >= 0.3 is 5.97 Å². The molecule has 0 saturated carbocycles. The van der Waals surface area contributed by atoms with E-state index in [1.807, 2.05) is 41.9 Å². The molecule has 0 amide bonds. The molecule has 94 valence electrons. The van der Waals surface area contributed by atoms with Crippen LogP contribution < -0.4 is 0 Å². The Morgan fingerprint density at radius 2 is 2.00 bits per heavy atom. The van der Waals surface area contributed by atoms with Crippen LogP contribution in [0.3, 0.4) is 0 Å². The number of rotatable bonds is 4. The predicted molar refractivity (Wildman–Crippen MR) is 68.8 cm³/mol. The maximum absolute atomic E-state index is 10.8. The lowest BCUT2D eigenvalue weighted by Crippen LogP contribution is -2.12. The lowest BCUT2D eigenvalue weighted by Gasteiger charge is -2.08. The van der Waals surface area contributed by atoms with Gasteiger partial charge in [0.2, 0.25) is 0 Å². The second-order valence-corrected chi connectivity index (χ2v) is 4.49. The maximum Gasteiger partial charge on any atom is 0.306 e. The molecule has 1 N–H and O–H groups in total. The van der Waals surface area contributed by atoms with E-state index in [9.17, 15) is 4.79 Å². The van der Waals surface area contributed by atoms with E-state index < -0.39 is 5.97 Å². The molecule has 0 radical (unpaired) electrons. The average molecular weight is 244 g/mol. The molecule has 0 bridgehead atoms. The zero-order chi connectivity index (χ0) is 13.1. The van der Waals surface area contributed by atoms with Crippen LogP contribution in [0.25, 0.3) is 5.69 Å². The Bertz CT molecular complexity index is 543. The van der Waals surface area contributed by atoms with Crippen LogP contribution in [0.1, 0.15) is 18.2 Å². The third-order valence-electron chi connectivity index (χ3n) is 2.98. The standard InChI is InChI=1S/C14H16N2O2/c1-10(14(17)18)9-12-3-5-13(6-4-12)16-11(2)7-8-15-16/h3-8,10H,9H2,1-2H3,(H,17,18). The van der Waals surface area contributed by atoms with Crippen molar-refractivity contribution < 1.29 is 9.90 Å². The van der Waals surface area contributed by atoms with E-state index in [-0.39, 0.29) is 5.92 Å². The second kappa shape index (κ2) is 5.04. The summed E-state index contributed by atoms with van der Waals surface area (Å²) in [4.78, 5) is 10.8. The number of carboxylic acids is 1. The Balaban J connectivity index is 2.16. The maximum atomic E-state index is 10.8. The molecule has 1 atom stereocenters. The third-order valence-corrected chi connectivity index (χ3v) is 2.98. The Kier molecular flexibility index (Phi) is 3.46. The summed E-state index contributed by atoms with van der Waals surface area (Å²) in [5.74, 6) is -1.12. The van der Waals surface area contributed by atoms with Crippen molar-refractivity contribution >= 4 is 5.97 Å². The predicted octanol–water partition coefficient (Wildman–Crippen LogP) is 2.44. The van der Waals surface area contributed by atoms with Crippen molar-refractivity contribution in [3.63, 3.8) is 0 Å². The Morgan fingerprint density at radius 3 is 2.50 bits per heavy atom. The molecule has 1 heterocycles. The molecule has 18 heavy (non-hydrogen) atoms. The van der Waals surface area contributed by atoms with Crippen LogP contribution in [0.5, 0.6) is 0 Å². The van der Waals surface area contributed by atoms with E-state index in [0.717, 1.165) is 16.9 Å². The van der Waals surface area contributed by atoms with Gasteiger partial charge in [0.05, 0.1) is 11.6 Å². The van der Waals surface area contributed by atoms with Gasteiger partial charge in [-0.25, -0.2) is 4.68 Å². The fourth-order valence-electron chi connectivity index (χ4n) is 1.85. The summed E-state index contributed by atoms with van der Waals surface area (Å²) in [6, 6.07) is 9.78. The van der Waals surface area contributed by atoms with E-state index in [0.29, 0.717) is 6.42 Å². The molecule has 0 aliphatic carbocycles. The molecule has 4 heteroatoms. The van der Waals surface area contributed by atoms with Crippen molar-refractivity contribution in [2.45, 2.75) is 20.3 Å². The summed E-state index contributed by atoms with van der Waals surface area (Å²) >= 11 is 0. The summed E-state index contributed by atoms with van der Waals surface area (Å²) in [6.07, 6.45) is 2.31. The molecule has 2 aromatic rings. The molecule has 0 fully saturated rings. The highest BCUT2D eigenvalue weighted by Crippen LogP contribution is 2.14. The Hall–Kier alpha value is -2.10. The normalized spacial score (nSPS) is 12.3. The van der Waals surface area contributed by atoms with Crippen LogP contribution in [0.2, 0.25) is 0 Å². The van der Waals surface area contributed by atoms with Crippen molar-refractivity contribution in [2.75, 3.05) is 0 Å². The Morgan fingerprint density at radius 1 is 1.33 bits per heavy atom. The summed E-state index contributed by atoms with van der Waals surface area (Å²) in [5, 5.41) is 13.1. The highest BCUT2D eigenvalue weighted by Gasteiger charge is 2.11. The number of benzene rings is 1. The van der Waals surface area contributed by atoms with Gasteiger partial charge < -0.3 is 5.11 Å². The smallest absolute Gasteiger partial charge is 0.306 e. The number of hydrogen-bond donors (Lipinski definition) is 1. The SMILES string of the molecule is Cc1ccnn1-c1ccc(CC(C)C(=O)O)cc1. The van der Waals surface area contributed by atoms with Gasteiger partial charge in [0.15, 0.2) is 0 Å². The van der Waals surface area contributed by atoms with Crippen LogP contribution in [0, 0.1) is 12.8 Å². The van der Waals surface area contributed by atoms with Gasteiger partial charge in [-0.2, -0.15) is 5.10 Å². The Labute approximate surface area is 106 Å². The first-order chi connectivity index (χ1) is 8.58. The van der Waals surface area contributed by atoms with Gasteiger partial charge in [-0.05, 0) is 37.1 Å². The summed E-state index contributed by atoms with van der Waals surface area (Å²) in [6.45, 7) is 3.71. The number of nitrogens with zero attached hydrogens (tertiary/aromatic N) is 2. The number of carboxylic acid groups (broad SMARTS) is 1. The third kappa shape index (κ3) is 2.59. The van der Waals surface area contributed by atoms with Crippen LogP contribution in [0.4, 0.5) is 0 Å². The molecule has 2 rings (SSSR count). The summed E-state index contributed by atoms with van der Waals surface area (Å²) < 4.78 is 1.85. The number of aryl methyl sites for hydroxylation is 1. The van der Waals surface area contributed by atoms with E-state index in [4.69, 9.17) is 5.11 Å². The lowest BCUT2D eigenvalue weighted by atomic mass is 10.0. The van der Waals surface area contributed by atoms with Gasteiger partial charge in [0, 0.05) is 11.9 Å². The minimum atomic E-state index is -0.762. The largest absolute Gasteiger partial charge is 0.481 e. The second-order valence-electron chi connectivity index (χ2n) is 4.49. The van der Waals surface area contributed by atoms with Crippen LogP contribution in [0.15, 0.2) is 36.5 Å². The van der Waals surface area contributed by atoms with E-state index in [2.05, 4.69) is 5.10 Å². The molecule has 0 spiro atoms. The molecular weight excluding hydrogens is 228 g/mol. The van der Waals surface area contributed by atoms with Gasteiger partial charge in [0.1, 0.15) is 0 Å². The monoisotopic (exact) mass is 244 g/mol. The van der Waals surface area contributed by atoms with E-state index in [1.165, 1.54) is 0 Å². The minimum absolute atomic E-state index is 0.359. The first-order valence-electron chi connectivity index (χ1n) is 5.90. The molecule has 1 aromatic carbocycles. The van der Waals surface area contributed by atoms with Crippen molar-refractivity contribution in [1.82, 2.24) is 9.78 Å². The quantitative estimate of drug-likeness (QED) is 0.898. The first-order valence-corrected chi connectivity index (χ1v) is 5.90. The molecular formula is C14H16N2O2.